The van der Waals surface area contributed by atoms with Crippen LogP contribution in [-0.2, 0) is 10.0 Å². The first-order valence-electron chi connectivity index (χ1n) is 6.69. The number of nitrogens with one attached hydrogen (secondary N) is 1. The largest absolute Gasteiger partial charge is 0.279 e. The topological polar surface area (TPSA) is 46.2 Å². The normalized spacial score (nSPS) is 11.7. The highest BCUT2D eigenvalue weighted by molar-refractivity contribution is 9.10. The quantitative estimate of drug-likeness (QED) is 0.852. The van der Waals surface area contributed by atoms with Gasteiger partial charge in [0.2, 0.25) is 0 Å². The molecule has 0 spiro atoms. The fourth-order valence-corrected chi connectivity index (χ4v) is 3.89. The average Bonchev–Trinajstić information content (AvgIpc) is 2.40. The van der Waals surface area contributed by atoms with E-state index in [0.717, 1.165) is 15.6 Å². The molecule has 5 heteroatoms. The molecule has 0 atom stereocenters. The van der Waals surface area contributed by atoms with Crippen molar-refractivity contribution >= 4 is 31.6 Å². The number of aryl methyl sites for hydroxylation is 1. The Balaban J connectivity index is 2.47. The third-order valence-electron chi connectivity index (χ3n) is 3.27. The molecule has 2 rings (SSSR count). The Bertz CT molecular complexity index is 755. The molecule has 0 bridgehead atoms. The third-order valence-corrected chi connectivity index (χ3v) is 5.11. The van der Waals surface area contributed by atoms with Gasteiger partial charge in [0.15, 0.2) is 0 Å². The maximum absolute atomic E-state index is 12.5. The van der Waals surface area contributed by atoms with Crippen LogP contribution in [0.3, 0.4) is 0 Å². The number of benzene rings is 2. The van der Waals surface area contributed by atoms with Crippen molar-refractivity contribution < 1.29 is 8.42 Å². The molecule has 2 aromatic carbocycles. The number of para-hydroxylation sites is 1. The average molecular weight is 368 g/mol. The zero-order valence-corrected chi connectivity index (χ0v) is 14.6. The highest BCUT2D eigenvalue weighted by Crippen LogP contribution is 2.29. The second kappa shape index (κ2) is 6.20. The Morgan fingerprint density at radius 1 is 1.10 bits per heavy atom. The van der Waals surface area contributed by atoms with Crippen molar-refractivity contribution in [3.05, 3.63) is 58.1 Å². The molecule has 2 aromatic rings. The second-order valence-electron chi connectivity index (χ2n) is 5.26. The summed E-state index contributed by atoms with van der Waals surface area (Å²) in [5, 5.41) is 0. The van der Waals surface area contributed by atoms with Crippen LogP contribution in [0.4, 0.5) is 5.69 Å². The van der Waals surface area contributed by atoms with E-state index in [4.69, 9.17) is 0 Å². The third kappa shape index (κ3) is 3.66. The lowest BCUT2D eigenvalue weighted by molar-refractivity contribution is 0.601. The highest BCUT2D eigenvalue weighted by atomic mass is 79.9. The molecule has 0 fully saturated rings. The highest BCUT2D eigenvalue weighted by Gasteiger charge is 2.18. The summed E-state index contributed by atoms with van der Waals surface area (Å²) in [7, 11) is -3.59. The van der Waals surface area contributed by atoms with Gasteiger partial charge in [-0.05, 0) is 42.2 Å². The molecule has 0 aromatic heterocycles. The van der Waals surface area contributed by atoms with Crippen LogP contribution in [-0.4, -0.2) is 8.42 Å². The van der Waals surface area contributed by atoms with Gasteiger partial charge >= 0.3 is 0 Å². The Morgan fingerprint density at radius 3 is 2.38 bits per heavy atom. The number of hydrogen-bond donors (Lipinski definition) is 1. The molecule has 0 aliphatic rings. The summed E-state index contributed by atoms with van der Waals surface area (Å²) in [5.74, 6) is 0.241. The van der Waals surface area contributed by atoms with Crippen LogP contribution in [0, 0.1) is 6.92 Å². The predicted molar refractivity (Wildman–Crippen MR) is 90.2 cm³/mol. The zero-order chi connectivity index (χ0) is 15.6. The summed E-state index contributed by atoms with van der Waals surface area (Å²) in [6.07, 6.45) is 0. The van der Waals surface area contributed by atoms with Crippen molar-refractivity contribution in [1.29, 1.82) is 0 Å². The van der Waals surface area contributed by atoms with Crippen molar-refractivity contribution in [1.82, 2.24) is 0 Å². The monoisotopic (exact) mass is 367 g/mol. The fourth-order valence-electron chi connectivity index (χ4n) is 2.14. The van der Waals surface area contributed by atoms with Crippen LogP contribution in [0.1, 0.15) is 30.9 Å². The second-order valence-corrected chi connectivity index (χ2v) is 7.85. The summed E-state index contributed by atoms with van der Waals surface area (Å²) in [5.41, 5.74) is 2.58. The Morgan fingerprint density at radius 2 is 1.76 bits per heavy atom. The maximum Gasteiger partial charge on any atom is 0.261 e. The van der Waals surface area contributed by atoms with E-state index >= 15 is 0 Å². The van der Waals surface area contributed by atoms with E-state index < -0.39 is 10.0 Å². The smallest absolute Gasteiger partial charge is 0.261 e. The minimum absolute atomic E-state index is 0.241. The van der Waals surface area contributed by atoms with Gasteiger partial charge in [-0.25, -0.2) is 8.42 Å². The van der Waals surface area contributed by atoms with Gasteiger partial charge in [0.25, 0.3) is 10.0 Å². The zero-order valence-electron chi connectivity index (χ0n) is 12.2. The van der Waals surface area contributed by atoms with Gasteiger partial charge in [0.05, 0.1) is 10.6 Å². The van der Waals surface area contributed by atoms with Crippen LogP contribution in [0.5, 0.6) is 0 Å². The van der Waals surface area contributed by atoms with E-state index in [1.165, 1.54) is 0 Å². The lowest BCUT2D eigenvalue weighted by Crippen LogP contribution is -2.15. The molecule has 0 heterocycles. The summed E-state index contributed by atoms with van der Waals surface area (Å²) in [6.45, 7) is 6.00. The SMILES string of the molecule is Cc1cccc(C(C)C)c1NS(=O)(=O)c1cccc(Br)c1. The number of sulfonamides is 1. The van der Waals surface area contributed by atoms with E-state index in [0.29, 0.717) is 5.69 Å². The van der Waals surface area contributed by atoms with Crippen LogP contribution in [0.2, 0.25) is 0 Å². The summed E-state index contributed by atoms with van der Waals surface area (Å²) in [6, 6.07) is 12.5. The fraction of sp³-hybridized carbons (Fsp3) is 0.250. The molecule has 0 unspecified atom stereocenters. The molecule has 1 N–H and O–H groups in total. The van der Waals surface area contributed by atoms with Crippen molar-refractivity contribution in [2.75, 3.05) is 4.72 Å². The number of hydrogen-bond acceptors (Lipinski definition) is 2. The van der Waals surface area contributed by atoms with Gasteiger partial charge in [-0.15, -0.1) is 0 Å². The van der Waals surface area contributed by atoms with E-state index in [2.05, 4.69) is 20.7 Å². The molecule has 0 saturated heterocycles. The van der Waals surface area contributed by atoms with E-state index in [1.54, 1.807) is 24.3 Å². The molecule has 3 nitrogen and oxygen atoms in total. The first kappa shape index (κ1) is 16.0. The Kier molecular flexibility index (Phi) is 4.74. The predicted octanol–water partition coefficient (Wildman–Crippen LogP) is 4.68. The molecule has 0 amide bonds. The number of rotatable bonds is 4. The lowest BCUT2D eigenvalue weighted by atomic mass is 9.99. The van der Waals surface area contributed by atoms with Crippen molar-refractivity contribution in [2.45, 2.75) is 31.6 Å². The molecular formula is C16H18BrNO2S. The van der Waals surface area contributed by atoms with E-state index in [-0.39, 0.29) is 10.8 Å². The minimum atomic E-state index is -3.59. The first-order valence-corrected chi connectivity index (χ1v) is 8.97. The molecule has 21 heavy (non-hydrogen) atoms. The van der Waals surface area contributed by atoms with Crippen LogP contribution < -0.4 is 4.72 Å². The summed E-state index contributed by atoms with van der Waals surface area (Å²) < 4.78 is 28.6. The lowest BCUT2D eigenvalue weighted by Gasteiger charge is -2.17. The maximum atomic E-state index is 12.5. The van der Waals surface area contributed by atoms with E-state index in [9.17, 15) is 8.42 Å². The number of halogens is 1. The van der Waals surface area contributed by atoms with Crippen molar-refractivity contribution in [2.24, 2.45) is 0 Å². The molecule has 0 radical (unpaired) electrons. The summed E-state index contributed by atoms with van der Waals surface area (Å²) in [4.78, 5) is 0.245. The van der Waals surface area contributed by atoms with Gasteiger partial charge < -0.3 is 0 Å². The molecule has 0 aliphatic carbocycles. The standard InChI is InChI=1S/C16H18BrNO2S/c1-11(2)15-9-4-6-12(3)16(15)18-21(19,20)14-8-5-7-13(17)10-14/h4-11,18H,1-3H3. The molecular weight excluding hydrogens is 350 g/mol. The Labute approximate surface area is 134 Å². The first-order chi connectivity index (χ1) is 9.81. The van der Waals surface area contributed by atoms with Gasteiger partial charge in [0, 0.05) is 4.47 Å². The minimum Gasteiger partial charge on any atom is -0.279 e. The molecule has 112 valence electrons. The van der Waals surface area contributed by atoms with Gasteiger partial charge in [-0.2, -0.15) is 0 Å². The molecule has 0 saturated carbocycles. The van der Waals surface area contributed by atoms with Crippen LogP contribution >= 0.6 is 15.9 Å². The van der Waals surface area contributed by atoms with Gasteiger partial charge in [-0.3, -0.25) is 4.72 Å². The van der Waals surface area contributed by atoms with Gasteiger partial charge in [-0.1, -0.05) is 54.0 Å². The number of anilines is 1. The van der Waals surface area contributed by atoms with Crippen LogP contribution in [0.25, 0.3) is 0 Å². The summed E-state index contributed by atoms with van der Waals surface area (Å²) >= 11 is 3.30. The van der Waals surface area contributed by atoms with Crippen LogP contribution in [0.15, 0.2) is 51.8 Å². The Hall–Kier alpha value is -1.33. The van der Waals surface area contributed by atoms with Crippen molar-refractivity contribution in [3.63, 3.8) is 0 Å². The van der Waals surface area contributed by atoms with E-state index in [1.807, 2.05) is 39.0 Å². The van der Waals surface area contributed by atoms with Gasteiger partial charge in [0.1, 0.15) is 0 Å². The molecule has 0 aliphatic heterocycles. The van der Waals surface area contributed by atoms with Crippen molar-refractivity contribution in [3.8, 4) is 0 Å².